The molecule has 0 atom stereocenters. The number of ether oxygens (including phenoxy) is 1. The summed E-state index contributed by atoms with van der Waals surface area (Å²) in [5.41, 5.74) is 1.36. The van der Waals surface area contributed by atoms with Gasteiger partial charge in [0, 0.05) is 11.9 Å². The van der Waals surface area contributed by atoms with Crippen LogP contribution in [0, 0.1) is 6.92 Å². The fourth-order valence-corrected chi connectivity index (χ4v) is 2.29. The van der Waals surface area contributed by atoms with Gasteiger partial charge in [-0.1, -0.05) is 48.5 Å². The molecule has 0 aliphatic carbocycles. The fraction of sp³-hybridized carbons (Fsp3) is 0.158. The first-order valence-electron chi connectivity index (χ1n) is 7.87. The molecule has 1 aromatic heterocycles. The van der Waals surface area contributed by atoms with Crippen LogP contribution in [0.2, 0.25) is 0 Å². The molecule has 3 rings (SSSR count). The molecule has 4 nitrogen and oxygen atoms in total. The number of rotatable bonds is 5. The number of nitrogens with one attached hydrogen (secondary N) is 1. The van der Waals surface area contributed by atoms with Crippen LogP contribution < -0.4 is 10.1 Å². The standard InChI is InChI=1S/C19H16F3N3O/c1-13-7-5-6-10-16(13)24-18-23-11-15(19(20,21)22)17(25-18)26-12-14-8-3-2-4-9-14/h2-11H,12H2,1H3,(H,23,24,25). The molecule has 2 aromatic carbocycles. The van der Waals surface area contributed by atoms with Crippen LogP contribution >= 0.6 is 0 Å². The lowest BCUT2D eigenvalue weighted by molar-refractivity contribution is -0.139. The molecule has 0 radical (unpaired) electrons. The highest BCUT2D eigenvalue weighted by molar-refractivity contribution is 5.58. The minimum absolute atomic E-state index is 0.0231. The van der Waals surface area contributed by atoms with Crippen molar-refractivity contribution in [2.45, 2.75) is 19.7 Å². The van der Waals surface area contributed by atoms with Gasteiger partial charge < -0.3 is 10.1 Å². The van der Waals surface area contributed by atoms with Gasteiger partial charge in [-0.25, -0.2) is 4.98 Å². The van der Waals surface area contributed by atoms with Gasteiger partial charge in [0.1, 0.15) is 12.2 Å². The molecule has 0 aliphatic rings. The van der Waals surface area contributed by atoms with Crippen molar-refractivity contribution in [3.8, 4) is 5.88 Å². The van der Waals surface area contributed by atoms with Crippen LogP contribution in [-0.2, 0) is 12.8 Å². The van der Waals surface area contributed by atoms with Gasteiger partial charge in [0.15, 0.2) is 0 Å². The van der Waals surface area contributed by atoms with Crippen LogP contribution in [0.15, 0.2) is 60.8 Å². The number of nitrogens with zero attached hydrogens (tertiary/aromatic N) is 2. The van der Waals surface area contributed by atoms with Gasteiger partial charge in [0.05, 0.1) is 0 Å². The van der Waals surface area contributed by atoms with Gasteiger partial charge in [-0.15, -0.1) is 0 Å². The third-order valence-corrected chi connectivity index (χ3v) is 3.67. The van der Waals surface area contributed by atoms with E-state index < -0.39 is 17.6 Å². The molecule has 7 heteroatoms. The van der Waals surface area contributed by atoms with E-state index in [4.69, 9.17) is 4.74 Å². The lowest BCUT2D eigenvalue weighted by Crippen LogP contribution is -2.12. The van der Waals surface area contributed by atoms with E-state index in [0.29, 0.717) is 5.69 Å². The smallest absolute Gasteiger partial charge is 0.423 e. The molecule has 0 saturated heterocycles. The quantitative estimate of drug-likeness (QED) is 0.686. The highest BCUT2D eigenvalue weighted by Crippen LogP contribution is 2.35. The van der Waals surface area contributed by atoms with Gasteiger partial charge in [0.2, 0.25) is 11.8 Å². The van der Waals surface area contributed by atoms with E-state index in [9.17, 15) is 13.2 Å². The van der Waals surface area contributed by atoms with Gasteiger partial charge in [0.25, 0.3) is 0 Å². The Morgan fingerprint density at radius 1 is 1.00 bits per heavy atom. The molecule has 3 aromatic rings. The first-order valence-corrected chi connectivity index (χ1v) is 7.87. The molecule has 1 N–H and O–H groups in total. The first-order chi connectivity index (χ1) is 12.4. The summed E-state index contributed by atoms with van der Waals surface area (Å²) in [5.74, 6) is -0.470. The zero-order valence-electron chi connectivity index (χ0n) is 13.9. The third-order valence-electron chi connectivity index (χ3n) is 3.67. The van der Waals surface area contributed by atoms with Crippen molar-refractivity contribution in [2.75, 3.05) is 5.32 Å². The molecule has 1 heterocycles. The molecule has 26 heavy (non-hydrogen) atoms. The Morgan fingerprint density at radius 2 is 1.69 bits per heavy atom. The second-order valence-corrected chi connectivity index (χ2v) is 5.62. The maximum atomic E-state index is 13.2. The topological polar surface area (TPSA) is 47.0 Å². The van der Waals surface area contributed by atoms with Crippen molar-refractivity contribution >= 4 is 11.6 Å². The average molecular weight is 359 g/mol. The summed E-state index contributed by atoms with van der Waals surface area (Å²) in [6.45, 7) is 1.85. The second kappa shape index (κ2) is 7.43. The Balaban J connectivity index is 1.87. The number of aromatic nitrogens is 2. The van der Waals surface area contributed by atoms with Crippen LogP contribution in [0.4, 0.5) is 24.8 Å². The number of hydrogen-bond acceptors (Lipinski definition) is 4. The summed E-state index contributed by atoms with van der Waals surface area (Å²) in [6, 6.07) is 16.3. The molecule has 0 unspecified atom stereocenters. The molecular weight excluding hydrogens is 343 g/mol. The number of hydrogen-bond donors (Lipinski definition) is 1. The monoisotopic (exact) mass is 359 g/mol. The predicted octanol–water partition coefficient (Wildman–Crippen LogP) is 5.13. The van der Waals surface area contributed by atoms with E-state index in [1.54, 1.807) is 30.3 Å². The molecule has 0 spiro atoms. The van der Waals surface area contributed by atoms with Gasteiger partial charge in [-0.3, -0.25) is 0 Å². The number of halogens is 3. The van der Waals surface area contributed by atoms with Crippen LogP contribution in [0.1, 0.15) is 16.7 Å². The number of benzene rings is 2. The summed E-state index contributed by atoms with van der Waals surface area (Å²) in [4.78, 5) is 7.70. The maximum Gasteiger partial charge on any atom is 0.423 e. The van der Waals surface area contributed by atoms with Gasteiger partial charge in [-0.05, 0) is 24.1 Å². The van der Waals surface area contributed by atoms with Crippen molar-refractivity contribution in [2.24, 2.45) is 0 Å². The van der Waals surface area contributed by atoms with E-state index in [1.807, 2.05) is 31.2 Å². The van der Waals surface area contributed by atoms with Gasteiger partial charge in [-0.2, -0.15) is 18.2 Å². The third kappa shape index (κ3) is 4.30. The molecule has 0 bridgehead atoms. The Morgan fingerprint density at radius 3 is 2.38 bits per heavy atom. The Kier molecular flexibility index (Phi) is 5.06. The van der Waals surface area contributed by atoms with Crippen LogP contribution in [-0.4, -0.2) is 9.97 Å². The predicted molar refractivity (Wildman–Crippen MR) is 92.3 cm³/mol. The van der Waals surface area contributed by atoms with E-state index in [1.165, 1.54) is 0 Å². The van der Waals surface area contributed by atoms with Crippen LogP contribution in [0.3, 0.4) is 0 Å². The van der Waals surface area contributed by atoms with E-state index in [0.717, 1.165) is 17.3 Å². The Labute approximate surface area is 148 Å². The normalized spacial score (nSPS) is 11.2. The molecule has 0 fully saturated rings. The van der Waals surface area contributed by atoms with E-state index >= 15 is 0 Å². The SMILES string of the molecule is Cc1ccccc1Nc1ncc(C(F)(F)F)c(OCc2ccccc2)n1. The number of para-hydroxylation sites is 1. The molecule has 0 amide bonds. The fourth-order valence-electron chi connectivity index (χ4n) is 2.29. The summed E-state index contributed by atoms with van der Waals surface area (Å²) in [6.07, 6.45) is -3.87. The molecule has 0 aliphatic heterocycles. The van der Waals surface area contributed by atoms with Crippen molar-refractivity contribution in [1.82, 2.24) is 9.97 Å². The molecular formula is C19H16F3N3O. The van der Waals surface area contributed by atoms with Crippen molar-refractivity contribution in [3.63, 3.8) is 0 Å². The summed E-state index contributed by atoms with van der Waals surface area (Å²) in [5, 5.41) is 2.92. The van der Waals surface area contributed by atoms with Crippen molar-refractivity contribution in [1.29, 1.82) is 0 Å². The Bertz CT molecular complexity index is 883. The largest absolute Gasteiger partial charge is 0.472 e. The molecule has 134 valence electrons. The maximum absolute atomic E-state index is 13.2. The highest BCUT2D eigenvalue weighted by Gasteiger charge is 2.36. The second-order valence-electron chi connectivity index (χ2n) is 5.62. The van der Waals surface area contributed by atoms with E-state index in [2.05, 4.69) is 15.3 Å². The summed E-state index contributed by atoms with van der Waals surface area (Å²) >= 11 is 0. The average Bonchev–Trinajstić information content (AvgIpc) is 2.62. The summed E-state index contributed by atoms with van der Waals surface area (Å²) < 4.78 is 45.0. The van der Waals surface area contributed by atoms with Crippen LogP contribution in [0.5, 0.6) is 5.88 Å². The highest BCUT2D eigenvalue weighted by atomic mass is 19.4. The van der Waals surface area contributed by atoms with Crippen LogP contribution in [0.25, 0.3) is 0 Å². The minimum Gasteiger partial charge on any atom is -0.472 e. The number of aryl methyl sites for hydroxylation is 1. The zero-order chi connectivity index (χ0) is 18.6. The first kappa shape index (κ1) is 17.7. The lowest BCUT2D eigenvalue weighted by atomic mass is 10.2. The molecule has 0 saturated carbocycles. The number of alkyl halides is 3. The summed E-state index contributed by atoms with van der Waals surface area (Å²) in [7, 11) is 0. The van der Waals surface area contributed by atoms with Gasteiger partial charge >= 0.3 is 6.18 Å². The van der Waals surface area contributed by atoms with Crippen molar-refractivity contribution < 1.29 is 17.9 Å². The van der Waals surface area contributed by atoms with E-state index in [-0.39, 0.29) is 12.6 Å². The van der Waals surface area contributed by atoms with Crippen molar-refractivity contribution in [3.05, 3.63) is 77.5 Å². The minimum atomic E-state index is -4.60. The Hall–Kier alpha value is -3.09. The number of anilines is 2. The lowest BCUT2D eigenvalue weighted by Gasteiger charge is -2.14. The zero-order valence-corrected chi connectivity index (χ0v) is 13.9.